The third-order valence-electron chi connectivity index (χ3n) is 5.86. The quantitative estimate of drug-likeness (QED) is 0.796. The van der Waals surface area contributed by atoms with E-state index in [4.69, 9.17) is 19.4 Å². The normalized spacial score (nSPS) is 18.1. The molecule has 4 rings (SSSR count). The highest BCUT2D eigenvalue weighted by Gasteiger charge is 2.23. The zero-order valence-corrected chi connectivity index (χ0v) is 16.4. The second-order valence-corrected chi connectivity index (χ2v) is 7.69. The summed E-state index contributed by atoms with van der Waals surface area (Å²) < 4.78 is 10.8. The third-order valence-corrected chi connectivity index (χ3v) is 5.86. The van der Waals surface area contributed by atoms with Crippen molar-refractivity contribution in [2.24, 2.45) is 0 Å². The van der Waals surface area contributed by atoms with Crippen LogP contribution in [0.25, 0.3) is 0 Å². The molecule has 1 aliphatic carbocycles. The third kappa shape index (κ3) is 4.08. The summed E-state index contributed by atoms with van der Waals surface area (Å²) in [5.74, 6) is 3.22. The summed E-state index contributed by atoms with van der Waals surface area (Å²) in [5.41, 5.74) is 3.77. The average Bonchev–Trinajstić information content (AvgIpc) is 2.74. The van der Waals surface area contributed by atoms with Gasteiger partial charge in [-0.25, -0.2) is 9.97 Å². The minimum Gasteiger partial charge on any atom is -0.493 e. The Labute approximate surface area is 161 Å². The minimum absolute atomic E-state index is 0.578. The molecule has 0 atom stereocenters. The van der Waals surface area contributed by atoms with Crippen LogP contribution in [0.5, 0.6) is 11.5 Å². The second-order valence-electron chi connectivity index (χ2n) is 7.69. The summed E-state index contributed by atoms with van der Waals surface area (Å²) in [7, 11) is 3.35. The van der Waals surface area contributed by atoms with Crippen LogP contribution in [0, 0.1) is 0 Å². The molecule has 0 bridgehead atoms. The number of aromatic nitrogens is 2. The molecule has 27 heavy (non-hydrogen) atoms. The summed E-state index contributed by atoms with van der Waals surface area (Å²) in [4.78, 5) is 12.1. The van der Waals surface area contributed by atoms with Crippen LogP contribution in [0.15, 0.2) is 24.4 Å². The minimum atomic E-state index is 0.578. The number of benzene rings is 1. The Balaban J connectivity index is 1.44. The number of hydrogen-bond donors (Lipinski definition) is 0. The van der Waals surface area contributed by atoms with E-state index in [9.17, 15) is 0 Å². The lowest BCUT2D eigenvalue weighted by Gasteiger charge is -2.29. The Bertz CT molecular complexity index is 787. The van der Waals surface area contributed by atoms with Crippen LogP contribution < -0.4 is 9.47 Å². The molecule has 0 N–H and O–H groups in total. The first-order valence-corrected chi connectivity index (χ1v) is 10.0. The van der Waals surface area contributed by atoms with Gasteiger partial charge in [-0.15, -0.1) is 0 Å². The van der Waals surface area contributed by atoms with Crippen LogP contribution in [-0.4, -0.2) is 35.6 Å². The number of rotatable bonds is 5. The van der Waals surface area contributed by atoms with Gasteiger partial charge < -0.3 is 9.47 Å². The van der Waals surface area contributed by atoms with E-state index < -0.39 is 0 Å². The fourth-order valence-electron chi connectivity index (χ4n) is 4.32. The predicted molar refractivity (Wildman–Crippen MR) is 105 cm³/mol. The van der Waals surface area contributed by atoms with Gasteiger partial charge in [0.25, 0.3) is 0 Å². The molecule has 1 aliphatic heterocycles. The van der Waals surface area contributed by atoms with E-state index in [1.54, 1.807) is 14.2 Å². The number of ether oxygens (including phenoxy) is 2. The number of fused-ring (bicyclic) bond motifs is 1. The van der Waals surface area contributed by atoms with Gasteiger partial charge in [0.05, 0.1) is 14.2 Å². The summed E-state index contributed by atoms with van der Waals surface area (Å²) in [6, 6.07) is 6.15. The van der Waals surface area contributed by atoms with Crippen molar-refractivity contribution in [1.82, 2.24) is 14.9 Å². The molecule has 0 saturated heterocycles. The number of nitrogens with zero attached hydrogens (tertiary/aromatic N) is 3. The Morgan fingerprint density at radius 2 is 1.89 bits per heavy atom. The summed E-state index contributed by atoms with van der Waals surface area (Å²) in [6.45, 7) is 2.83. The molecule has 1 aromatic carbocycles. The molecule has 5 nitrogen and oxygen atoms in total. The first-order valence-electron chi connectivity index (χ1n) is 10.0. The van der Waals surface area contributed by atoms with Gasteiger partial charge in [0.1, 0.15) is 5.82 Å². The van der Waals surface area contributed by atoms with E-state index in [0.29, 0.717) is 5.92 Å². The van der Waals surface area contributed by atoms with Crippen LogP contribution in [0.3, 0.4) is 0 Å². The highest BCUT2D eigenvalue weighted by atomic mass is 16.5. The Morgan fingerprint density at radius 3 is 2.67 bits per heavy atom. The zero-order chi connectivity index (χ0) is 18.6. The molecule has 0 radical (unpaired) electrons. The maximum absolute atomic E-state index is 5.43. The average molecular weight is 367 g/mol. The fourth-order valence-corrected chi connectivity index (χ4v) is 4.32. The van der Waals surface area contributed by atoms with Crippen LogP contribution in [0.4, 0.5) is 0 Å². The molecule has 144 valence electrons. The highest BCUT2D eigenvalue weighted by molar-refractivity contribution is 5.42. The number of hydrogen-bond acceptors (Lipinski definition) is 5. The smallest absolute Gasteiger partial charge is 0.161 e. The molecule has 0 amide bonds. The lowest BCUT2D eigenvalue weighted by atomic mass is 9.88. The van der Waals surface area contributed by atoms with Crippen LogP contribution in [0.2, 0.25) is 0 Å². The SMILES string of the molecule is COc1ccc(CN2CCc3nc(C4CCCCC4)ncc3C2)cc1OC. The molecule has 2 aromatic rings. The maximum atomic E-state index is 5.43. The van der Waals surface area contributed by atoms with E-state index in [1.165, 1.54) is 48.9 Å². The standard InChI is InChI=1S/C22H29N3O2/c1-26-20-9-8-16(12-21(20)27-2)14-25-11-10-19-18(15-25)13-23-22(24-19)17-6-4-3-5-7-17/h8-9,12-13,17H,3-7,10-11,14-15H2,1-2H3. The van der Waals surface area contributed by atoms with E-state index >= 15 is 0 Å². The van der Waals surface area contributed by atoms with Gasteiger partial charge in [0.15, 0.2) is 11.5 Å². The summed E-state index contributed by atoms with van der Waals surface area (Å²) >= 11 is 0. The Morgan fingerprint density at radius 1 is 1.07 bits per heavy atom. The van der Waals surface area contributed by atoms with E-state index in [-0.39, 0.29) is 0 Å². The van der Waals surface area contributed by atoms with Crippen molar-refractivity contribution < 1.29 is 9.47 Å². The molecule has 1 fully saturated rings. The summed E-state index contributed by atoms with van der Waals surface area (Å²) in [6.07, 6.45) is 9.60. The molecule has 2 heterocycles. The van der Waals surface area contributed by atoms with E-state index in [0.717, 1.165) is 43.4 Å². The van der Waals surface area contributed by atoms with Crippen LogP contribution in [0.1, 0.15) is 60.7 Å². The molecule has 0 spiro atoms. The van der Waals surface area contributed by atoms with Gasteiger partial charge in [0, 0.05) is 49.4 Å². The van der Waals surface area contributed by atoms with Gasteiger partial charge in [-0.3, -0.25) is 4.90 Å². The highest BCUT2D eigenvalue weighted by Crippen LogP contribution is 2.32. The van der Waals surface area contributed by atoms with Gasteiger partial charge in [0.2, 0.25) is 0 Å². The molecule has 5 heteroatoms. The lowest BCUT2D eigenvalue weighted by molar-refractivity contribution is 0.241. The van der Waals surface area contributed by atoms with E-state index in [1.807, 2.05) is 6.07 Å². The van der Waals surface area contributed by atoms with Crippen molar-refractivity contribution in [3.8, 4) is 11.5 Å². The van der Waals surface area contributed by atoms with Crippen molar-refractivity contribution in [3.63, 3.8) is 0 Å². The first kappa shape index (κ1) is 18.2. The van der Waals surface area contributed by atoms with Crippen molar-refractivity contribution in [2.45, 2.75) is 57.5 Å². The molecule has 0 unspecified atom stereocenters. The first-order chi connectivity index (χ1) is 13.3. The molecular weight excluding hydrogens is 338 g/mol. The van der Waals surface area contributed by atoms with Gasteiger partial charge in [-0.05, 0) is 30.5 Å². The zero-order valence-electron chi connectivity index (χ0n) is 16.4. The van der Waals surface area contributed by atoms with Crippen molar-refractivity contribution in [2.75, 3.05) is 20.8 Å². The van der Waals surface area contributed by atoms with Gasteiger partial charge in [-0.1, -0.05) is 25.3 Å². The molecule has 1 saturated carbocycles. The van der Waals surface area contributed by atoms with Gasteiger partial charge >= 0.3 is 0 Å². The topological polar surface area (TPSA) is 47.5 Å². The molecule has 1 aromatic heterocycles. The van der Waals surface area contributed by atoms with E-state index in [2.05, 4.69) is 23.2 Å². The van der Waals surface area contributed by atoms with Crippen LogP contribution >= 0.6 is 0 Å². The number of methoxy groups -OCH3 is 2. The Hall–Kier alpha value is -2.14. The molecule has 2 aliphatic rings. The van der Waals surface area contributed by atoms with Crippen molar-refractivity contribution >= 4 is 0 Å². The monoisotopic (exact) mass is 367 g/mol. The summed E-state index contributed by atoms with van der Waals surface area (Å²) in [5, 5.41) is 0. The maximum Gasteiger partial charge on any atom is 0.161 e. The van der Waals surface area contributed by atoms with Gasteiger partial charge in [-0.2, -0.15) is 0 Å². The largest absolute Gasteiger partial charge is 0.493 e. The Kier molecular flexibility index (Phi) is 5.58. The van der Waals surface area contributed by atoms with Crippen LogP contribution in [-0.2, 0) is 19.5 Å². The fraction of sp³-hybridized carbons (Fsp3) is 0.545. The predicted octanol–water partition coefficient (Wildman–Crippen LogP) is 4.10. The second kappa shape index (κ2) is 8.26. The van der Waals surface area contributed by atoms with Crippen molar-refractivity contribution in [1.29, 1.82) is 0 Å². The van der Waals surface area contributed by atoms with Crippen molar-refractivity contribution in [3.05, 3.63) is 47.0 Å². The lowest BCUT2D eigenvalue weighted by Crippen LogP contribution is -2.31. The molecular formula is C22H29N3O2.